The van der Waals surface area contributed by atoms with Gasteiger partial charge in [-0.2, -0.15) is 5.10 Å². The zero-order valence-electron chi connectivity index (χ0n) is 15.6. The molecule has 0 radical (unpaired) electrons. The van der Waals surface area contributed by atoms with Crippen LogP contribution < -0.4 is 16.8 Å². The number of nitrogens with one attached hydrogen (secondary N) is 1. The minimum Gasteiger partial charge on any atom is -0.398 e. The van der Waals surface area contributed by atoms with Crippen LogP contribution in [0.15, 0.2) is 54.7 Å². The van der Waals surface area contributed by atoms with Crippen LogP contribution in [0.2, 0.25) is 0 Å². The van der Waals surface area contributed by atoms with Gasteiger partial charge in [-0.3, -0.25) is 9.48 Å². The number of nitrogen functional groups attached to an aromatic ring is 2. The first-order valence-corrected chi connectivity index (χ1v) is 8.78. The molecule has 28 heavy (non-hydrogen) atoms. The molecule has 2 heterocycles. The first-order valence-electron chi connectivity index (χ1n) is 8.78. The molecule has 0 saturated heterocycles. The van der Waals surface area contributed by atoms with Crippen LogP contribution >= 0.6 is 0 Å². The van der Waals surface area contributed by atoms with E-state index in [1.807, 2.05) is 44.3 Å². The SMILES string of the molecule is Cc1ccc(NC(=O)c2ccc3c(c2)c(-c2ccc(N)nc2)nn3C)cc1N. The van der Waals surface area contributed by atoms with E-state index in [9.17, 15) is 4.79 Å². The summed E-state index contributed by atoms with van der Waals surface area (Å²) in [4.78, 5) is 16.9. The molecule has 0 aliphatic rings. The molecule has 7 nitrogen and oxygen atoms in total. The lowest BCUT2D eigenvalue weighted by Gasteiger charge is -2.08. The number of amides is 1. The van der Waals surface area contributed by atoms with E-state index in [-0.39, 0.29) is 5.91 Å². The third-order valence-electron chi connectivity index (χ3n) is 4.71. The fraction of sp³-hybridized carbons (Fsp3) is 0.0952. The van der Waals surface area contributed by atoms with E-state index >= 15 is 0 Å². The number of hydrogen-bond donors (Lipinski definition) is 3. The van der Waals surface area contributed by atoms with Crippen molar-refractivity contribution in [1.29, 1.82) is 0 Å². The molecule has 0 atom stereocenters. The number of aryl methyl sites for hydroxylation is 2. The van der Waals surface area contributed by atoms with Gasteiger partial charge in [0, 0.05) is 41.1 Å². The highest BCUT2D eigenvalue weighted by Gasteiger charge is 2.14. The number of anilines is 3. The van der Waals surface area contributed by atoms with E-state index in [1.165, 1.54) is 0 Å². The van der Waals surface area contributed by atoms with Gasteiger partial charge >= 0.3 is 0 Å². The quantitative estimate of drug-likeness (QED) is 0.477. The van der Waals surface area contributed by atoms with Gasteiger partial charge in [0.15, 0.2) is 0 Å². The Bertz CT molecular complexity index is 1190. The van der Waals surface area contributed by atoms with Crippen LogP contribution in [0.4, 0.5) is 17.2 Å². The number of aromatic nitrogens is 3. The van der Waals surface area contributed by atoms with Gasteiger partial charge in [0.05, 0.1) is 5.52 Å². The number of nitrogens with zero attached hydrogens (tertiary/aromatic N) is 3. The van der Waals surface area contributed by atoms with Crippen molar-refractivity contribution >= 4 is 34.0 Å². The van der Waals surface area contributed by atoms with Crippen LogP contribution in [0, 0.1) is 6.92 Å². The fourth-order valence-electron chi connectivity index (χ4n) is 3.09. The summed E-state index contributed by atoms with van der Waals surface area (Å²) in [5.41, 5.74) is 16.9. The van der Waals surface area contributed by atoms with E-state index in [4.69, 9.17) is 11.5 Å². The highest BCUT2D eigenvalue weighted by molar-refractivity contribution is 6.07. The average molecular weight is 372 g/mol. The van der Waals surface area contributed by atoms with Gasteiger partial charge in [-0.15, -0.1) is 0 Å². The third-order valence-corrected chi connectivity index (χ3v) is 4.71. The molecular weight excluding hydrogens is 352 g/mol. The van der Waals surface area contributed by atoms with Crippen molar-refractivity contribution in [2.75, 3.05) is 16.8 Å². The standard InChI is InChI=1S/C21H20N6O/c1-12-3-6-15(10-17(12)22)25-21(28)13-4-7-18-16(9-13)20(26-27(18)2)14-5-8-19(23)24-11-14/h3-11H,22H2,1-2H3,(H2,23,24)(H,25,28). The van der Waals surface area contributed by atoms with Gasteiger partial charge < -0.3 is 16.8 Å². The smallest absolute Gasteiger partial charge is 0.255 e. The maximum Gasteiger partial charge on any atom is 0.255 e. The Balaban J connectivity index is 1.72. The minimum atomic E-state index is -0.213. The Morgan fingerprint density at radius 3 is 2.61 bits per heavy atom. The normalized spacial score (nSPS) is 10.9. The Morgan fingerprint density at radius 2 is 1.89 bits per heavy atom. The molecular formula is C21H20N6O. The predicted molar refractivity (Wildman–Crippen MR) is 112 cm³/mol. The second-order valence-corrected chi connectivity index (χ2v) is 6.70. The molecule has 7 heteroatoms. The molecule has 5 N–H and O–H groups in total. The molecule has 2 aromatic heterocycles. The molecule has 0 aliphatic carbocycles. The van der Waals surface area contributed by atoms with Crippen LogP contribution in [-0.2, 0) is 7.05 Å². The molecule has 0 unspecified atom stereocenters. The number of benzene rings is 2. The molecule has 4 rings (SSSR count). The number of carbonyl (C=O) groups is 1. The maximum absolute atomic E-state index is 12.7. The lowest BCUT2D eigenvalue weighted by atomic mass is 10.1. The molecule has 0 saturated carbocycles. The van der Waals surface area contributed by atoms with Crippen LogP contribution in [0.5, 0.6) is 0 Å². The Labute approximate surface area is 162 Å². The average Bonchev–Trinajstić information content (AvgIpc) is 3.01. The third kappa shape index (κ3) is 3.14. The van der Waals surface area contributed by atoms with E-state index in [0.29, 0.717) is 22.8 Å². The highest BCUT2D eigenvalue weighted by Crippen LogP contribution is 2.28. The van der Waals surface area contributed by atoms with Crippen molar-refractivity contribution in [2.45, 2.75) is 6.92 Å². The summed E-state index contributed by atoms with van der Waals surface area (Å²) >= 11 is 0. The summed E-state index contributed by atoms with van der Waals surface area (Å²) in [6, 6.07) is 14.6. The van der Waals surface area contributed by atoms with E-state index in [1.54, 1.807) is 29.1 Å². The summed E-state index contributed by atoms with van der Waals surface area (Å²) in [6.07, 6.45) is 1.68. The number of carbonyl (C=O) groups excluding carboxylic acids is 1. The number of fused-ring (bicyclic) bond motifs is 1. The Hall–Kier alpha value is -3.87. The molecule has 0 aliphatic heterocycles. The minimum absolute atomic E-state index is 0.213. The van der Waals surface area contributed by atoms with Crippen molar-refractivity contribution in [3.63, 3.8) is 0 Å². The summed E-state index contributed by atoms with van der Waals surface area (Å²) in [6.45, 7) is 1.92. The van der Waals surface area contributed by atoms with Crippen molar-refractivity contribution in [2.24, 2.45) is 7.05 Å². The summed E-state index contributed by atoms with van der Waals surface area (Å²) in [5.74, 6) is 0.233. The summed E-state index contributed by atoms with van der Waals surface area (Å²) < 4.78 is 1.78. The molecule has 1 amide bonds. The van der Waals surface area contributed by atoms with E-state index < -0.39 is 0 Å². The predicted octanol–water partition coefficient (Wildman–Crippen LogP) is 3.36. The monoisotopic (exact) mass is 372 g/mol. The number of hydrogen-bond acceptors (Lipinski definition) is 5. The van der Waals surface area contributed by atoms with Crippen molar-refractivity contribution in [3.8, 4) is 11.3 Å². The van der Waals surface area contributed by atoms with Gasteiger partial charge in [-0.05, 0) is 55.0 Å². The second kappa shape index (κ2) is 6.70. The van der Waals surface area contributed by atoms with Crippen LogP contribution in [0.25, 0.3) is 22.2 Å². The topological polar surface area (TPSA) is 112 Å². The molecule has 2 aromatic carbocycles. The van der Waals surface area contributed by atoms with Crippen LogP contribution in [0.1, 0.15) is 15.9 Å². The van der Waals surface area contributed by atoms with E-state index in [2.05, 4.69) is 15.4 Å². The van der Waals surface area contributed by atoms with Crippen LogP contribution in [0.3, 0.4) is 0 Å². The van der Waals surface area contributed by atoms with Crippen LogP contribution in [-0.4, -0.2) is 20.7 Å². The molecule has 0 bridgehead atoms. The summed E-state index contributed by atoms with van der Waals surface area (Å²) in [7, 11) is 1.87. The molecule has 0 fully saturated rings. The number of rotatable bonds is 3. The largest absolute Gasteiger partial charge is 0.398 e. The van der Waals surface area contributed by atoms with Gasteiger partial charge in [0.1, 0.15) is 11.5 Å². The first kappa shape index (κ1) is 17.5. The second-order valence-electron chi connectivity index (χ2n) is 6.70. The van der Waals surface area contributed by atoms with Gasteiger partial charge in [-0.25, -0.2) is 4.98 Å². The zero-order chi connectivity index (χ0) is 19.8. The van der Waals surface area contributed by atoms with Crippen molar-refractivity contribution < 1.29 is 4.79 Å². The lowest BCUT2D eigenvalue weighted by molar-refractivity contribution is 0.102. The Morgan fingerprint density at radius 1 is 1.07 bits per heavy atom. The van der Waals surface area contributed by atoms with Gasteiger partial charge in [0.25, 0.3) is 5.91 Å². The fourth-order valence-corrected chi connectivity index (χ4v) is 3.09. The lowest BCUT2D eigenvalue weighted by Crippen LogP contribution is -2.12. The van der Waals surface area contributed by atoms with Gasteiger partial charge in [-0.1, -0.05) is 6.07 Å². The van der Waals surface area contributed by atoms with Crippen molar-refractivity contribution in [3.05, 3.63) is 65.9 Å². The highest BCUT2D eigenvalue weighted by atomic mass is 16.1. The summed E-state index contributed by atoms with van der Waals surface area (Å²) in [5, 5.41) is 8.34. The maximum atomic E-state index is 12.7. The number of pyridine rings is 1. The van der Waals surface area contributed by atoms with E-state index in [0.717, 1.165) is 27.7 Å². The molecule has 4 aromatic rings. The molecule has 0 spiro atoms. The Kier molecular flexibility index (Phi) is 4.19. The zero-order valence-corrected chi connectivity index (χ0v) is 15.6. The van der Waals surface area contributed by atoms with Crippen molar-refractivity contribution in [1.82, 2.24) is 14.8 Å². The number of nitrogens with two attached hydrogens (primary N) is 2. The molecule has 140 valence electrons. The first-order chi connectivity index (χ1) is 13.4. The van der Waals surface area contributed by atoms with Gasteiger partial charge in [0.2, 0.25) is 0 Å².